The van der Waals surface area contributed by atoms with Gasteiger partial charge in [-0.25, -0.2) is 0 Å². The van der Waals surface area contributed by atoms with Crippen molar-refractivity contribution in [2.45, 2.75) is 32.1 Å². The number of aliphatic carboxylic acids is 1. The lowest BCUT2D eigenvalue weighted by Gasteiger charge is -2.22. The standard InChI is InChI=1S/C15H19NO4/c17-13-11-5-1-2-6-12(11)14(18)16(13)8-9-4-3-7-10(9)15(19)20/h1-2,9-12H,3-8H2,(H,19,20). The second-order valence-electron chi connectivity index (χ2n) is 6.08. The molecule has 2 amide bonds. The Balaban J connectivity index is 1.73. The summed E-state index contributed by atoms with van der Waals surface area (Å²) in [5.74, 6) is -1.90. The molecule has 20 heavy (non-hydrogen) atoms. The van der Waals surface area contributed by atoms with E-state index in [2.05, 4.69) is 0 Å². The molecule has 4 atom stereocenters. The van der Waals surface area contributed by atoms with Crippen molar-refractivity contribution in [1.82, 2.24) is 4.90 Å². The molecule has 1 saturated carbocycles. The highest BCUT2D eigenvalue weighted by Gasteiger charge is 2.48. The smallest absolute Gasteiger partial charge is 0.306 e. The van der Waals surface area contributed by atoms with Crippen LogP contribution in [0.3, 0.4) is 0 Å². The maximum Gasteiger partial charge on any atom is 0.306 e. The fourth-order valence-corrected chi connectivity index (χ4v) is 3.86. The lowest BCUT2D eigenvalue weighted by atomic mass is 9.85. The van der Waals surface area contributed by atoms with Gasteiger partial charge in [-0.15, -0.1) is 0 Å². The van der Waals surface area contributed by atoms with Gasteiger partial charge < -0.3 is 5.11 Å². The van der Waals surface area contributed by atoms with Crippen LogP contribution in [-0.2, 0) is 14.4 Å². The van der Waals surface area contributed by atoms with Gasteiger partial charge in [-0.3, -0.25) is 19.3 Å². The summed E-state index contributed by atoms with van der Waals surface area (Å²) in [7, 11) is 0. The highest BCUT2D eigenvalue weighted by Crippen LogP contribution is 2.38. The maximum atomic E-state index is 12.3. The third kappa shape index (κ3) is 2.05. The van der Waals surface area contributed by atoms with Gasteiger partial charge in [0.15, 0.2) is 0 Å². The van der Waals surface area contributed by atoms with E-state index < -0.39 is 11.9 Å². The van der Waals surface area contributed by atoms with Crippen molar-refractivity contribution < 1.29 is 19.5 Å². The molecule has 108 valence electrons. The van der Waals surface area contributed by atoms with Crippen LogP contribution in [0.25, 0.3) is 0 Å². The second-order valence-corrected chi connectivity index (χ2v) is 6.08. The first-order chi connectivity index (χ1) is 9.59. The molecule has 1 N–H and O–H groups in total. The van der Waals surface area contributed by atoms with Crippen molar-refractivity contribution in [2.24, 2.45) is 23.7 Å². The summed E-state index contributed by atoms with van der Waals surface area (Å²) >= 11 is 0. The number of carboxylic acid groups (broad SMARTS) is 1. The number of carbonyl (C=O) groups excluding carboxylic acids is 2. The molecule has 5 nitrogen and oxygen atoms in total. The fraction of sp³-hybridized carbons (Fsp3) is 0.667. The molecule has 1 aliphatic heterocycles. The van der Waals surface area contributed by atoms with Crippen LogP contribution in [0, 0.1) is 23.7 Å². The van der Waals surface area contributed by atoms with Crippen LogP contribution < -0.4 is 0 Å². The van der Waals surface area contributed by atoms with E-state index in [1.807, 2.05) is 12.2 Å². The van der Waals surface area contributed by atoms with Gasteiger partial charge in [-0.1, -0.05) is 18.6 Å². The largest absolute Gasteiger partial charge is 0.481 e. The van der Waals surface area contributed by atoms with E-state index in [1.54, 1.807) is 0 Å². The average Bonchev–Trinajstić information content (AvgIpc) is 2.99. The molecular weight excluding hydrogens is 258 g/mol. The Kier molecular flexibility index (Phi) is 3.36. The van der Waals surface area contributed by atoms with Gasteiger partial charge in [0.1, 0.15) is 0 Å². The van der Waals surface area contributed by atoms with E-state index in [0.717, 1.165) is 12.8 Å². The zero-order valence-corrected chi connectivity index (χ0v) is 11.3. The lowest BCUT2D eigenvalue weighted by Crippen LogP contribution is -2.38. The minimum absolute atomic E-state index is 0.0755. The SMILES string of the molecule is O=C(O)C1CCCC1CN1C(=O)C2CC=CCC2C1=O. The van der Waals surface area contributed by atoms with E-state index in [-0.39, 0.29) is 29.6 Å². The van der Waals surface area contributed by atoms with Crippen molar-refractivity contribution in [2.75, 3.05) is 6.54 Å². The fourth-order valence-electron chi connectivity index (χ4n) is 3.86. The first-order valence-corrected chi connectivity index (χ1v) is 7.32. The highest BCUT2D eigenvalue weighted by atomic mass is 16.4. The number of carboxylic acids is 1. The molecule has 0 aromatic rings. The minimum Gasteiger partial charge on any atom is -0.481 e. The van der Waals surface area contributed by atoms with Crippen molar-refractivity contribution in [1.29, 1.82) is 0 Å². The minimum atomic E-state index is -0.800. The van der Waals surface area contributed by atoms with E-state index in [9.17, 15) is 19.5 Å². The summed E-state index contributed by atoms with van der Waals surface area (Å²) in [4.78, 5) is 37.2. The summed E-state index contributed by atoms with van der Waals surface area (Å²) in [6.45, 7) is 0.293. The van der Waals surface area contributed by atoms with Crippen LogP contribution in [0.2, 0.25) is 0 Å². The van der Waals surface area contributed by atoms with Gasteiger partial charge in [0.25, 0.3) is 0 Å². The van der Waals surface area contributed by atoms with Crippen LogP contribution in [-0.4, -0.2) is 34.3 Å². The predicted molar refractivity (Wildman–Crippen MR) is 70.5 cm³/mol. The van der Waals surface area contributed by atoms with E-state index in [0.29, 0.717) is 25.8 Å². The van der Waals surface area contributed by atoms with Crippen LogP contribution in [0.1, 0.15) is 32.1 Å². The first kappa shape index (κ1) is 13.3. The Labute approximate surface area is 117 Å². The number of rotatable bonds is 3. The average molecular weight is 277 g/mol. The Morgan fingerprint density at radius 1 is 1.15 bits per heavy atom. The Morgan fingerprint density at radius 3 is 2.30 bits per heavy atom. The quantitative estimate of drug-likeness (QED) is 0.625. The van der Waals surface area contributed by atoms with Gasteiger partial charge >= 0.3 is 5.97 Å². The van der Waals surface area contributed by atoms with Crippen LogP contribution in [0.5, 0.6) is 0 Å². The van der Waals surface area contributed by atoms with Crippen LogP contribution >= 0.6 is 0 Å². The molecule has 5 heteroatoms. The molecule has 3 rings (SSSR count). The van der Waals surface area contributed by atoms with Gasteiger partial charge in [0.2, 0.25) is 11.8 Å². The van der Waals surface area contributed by atoms with Gasteiger partial charge in [0.05, 0.1) is 17.8 Å². The molecule has 1 saturated heterocycles. The zero-order valence-electron chi connectivity index (χ0n) is 11.3. The highest BCUT2D eigenvalue weighted by molar-refractivity contribution is 6.05. The molecule has 2 fully saturated rings. The predicted octanol–water partition coefficient (Wildman–Crippen LogP) is 1.44. The normalized spacial score (nSPS) is 36.5. The van der Waals surface area contributed by atoms with Crippen molar-refractivity contribution in [3.63, 3.8) is 0 Å². The van der Waals surface area contributed by atoms with Gasteiger partial charge in [-0.2, -0.15) is 0 Å². The molecule has 0 radical (unpaired) electrons. The Hall–Kier alpha value is -1.65. The molecule has 0 aromatic heterocycles. The molecule has 2 aliphatic carbocycles. The molecule has 4 unspecified atom stereocenters. The monoisotopic (exact) mass is 277 g/mol. The number of amides is 2. The van der Waals surface area contributed by atoms with Crippen molar-refractivity contribution in [3.8, 4) is 0 Å². The number of fused-ring (bicyclic) bond motifs is 1. The van der Waals surface area contributed by atoms with Gasteiger partial charge in [0, 0.05) is 6.54 Å². The first-order valence-electron chi connectivity index (χ1n) is 7.32. The number of hydrogen-bond donors (Lipinski definition) is 1. The molecule has 3 aliphatic rings. The number of allylic oxidation sites excluding steroid dienone is 2. The van der Waals surface area contributed by atoms with Crippen LogP contribution in [0.4, 0.5) is 0 Å². The van der Waals surface area contributed by atoms with Crippen LogP contribution in [0.15, 0.2) is 12.2 Å². The Morgan fingerprint density at radius 2 is 1.75 bits per heavy atom. The van der Waals surface area contributed by atoms with Gasteiger partial charge in [-0.05, 0) is 31.6 Å². The topological polar surface area (TPSA) is 74.7 Å². The summed E-state index contributed by atoms with van der Waals surface area (Å²) in [5.41, 5.74) is 0. The third-order valence-corrected chi connectivity index (χ3v) is 4.99. The summed E-state index contributed by atoms with van der Waals surface area (Å²) < 4.78 is 0. The van der Waals surface area contributed by atoms with Crippen molar-refractivity contribution in [3.05, 3.63) is 12.2 Å². The lowest BCUT2D eigenvalue weighted by molar-refractivity contribution is -0.146. The maximum absolute atomic E-state index is 12.3. The molecule has 0 aromatic carbocycles. The summed E-state index contributed by atoms with van der Waals surface area (Å²) in [6.07, 6.45) is 7.52. The third-order valence-electron chi connectivity index (χ3n) is 4.99. The number of imide groups is 1. The van der Waals surface area contributed by atoms with E-state index in [4.69, 9.17) is 0 Å². The number of hydrogen-bond acceptors (Lipinski definition) is 3. The summed E-state index contributed by atoms with van der Waals surface area (Å²) in [6, 6.07) is 0. The molecular formula is C15H19NO4. The number of carbonyl (C=O) groups is 3. The molecule has 0 spiro atoms. The zero-order chi connectivity index (χ0) is 14.3. The summed E-state index contributed by atoms with van der Waals surface area (Å²) in [5, 5.41) is 9.20. The second kappa shape index (κ2) is 5.04. The van der Waals surface area contributed by atoms with E-state index >= 15 is 0 Å². The van der Waals surface area contributed by atoms with E-state index in [1.165, 1.54) is 4.90 Å². The molecule has 1 heterocycles. The Bertz CT molecular complexity index is 458. The number of likely N-dealkylation sites (tertiary alicyclic amines) is 1. The molecule has 0 bridgehead atoms. The van der Waals surface area contributed by atoms with Crippen molar-refractivity contribution >= 4 is 17.8 Å². The number of nitrogens with zero attached hydrogens (tertiary/aromatic N) is 1.